The third-order valence-corrected chi connectivity index (χ3v) is 6.75. The summed E-state index contributed by atoms with van der Waals surface area (Å²) in [5, 5.41) is 3.04. The van der Waals surface area contributed by atoms with Crippen molar-refractivity contribution in [2.75, 3.05) is 19.6 Å². The fraction of sp³-hybridized carbons (Fsp3) is 0.636. The minimum atomic E-state index is -4.57. The molecule has 1 aromatic heterocycles. The molecule has 1 rings (SSSR count). The molecule has 0 saturated carbocycles. The molecule has 0 radical (unpaired) electrons. The van der Waals surface area contributed by atoms with Crippen molar-refractivity contribution in [2.45, 2.75) is 31.5 Å². The van der Waals surface area contributed by atoms with Crippen molar-refractivity contribution in [3.05, 3.63) is 14.7 Å². The second kappa shape index (κ2) is 7.40. The summed E-state index contributed by atoms with van der Waals surface area (Å²) in [6.45, 7) is 2.74. The Hall–Kier alpha value is -0.160. The van der Waals surface area contributed by atoms with Gasteiger partial charge in [-0.1, -0.05) is 13.8 Å². The van der Waals surface area contributed by atoms with E-state index >= 15 is 0 Å². The van der Waals surface area contributed by atoms with Crippen LogP contribution >= 0.6 is 27.3 Å². The first kappa shape index (κ1) is 18.9. The maximum absolute atomic E-state index is 12.5. The van der Waals surface area contributed by atoms with Gasteiger partial charge in [-0.3, -0.25) is 0 Å². The van der Waals surface area contributed by atoms with Gasteiger partial charge in [0.15, 0.2) is 0 Å². The van der Waals surface area contributed by atoms with Crippen LogP contribution in [0.1, 0.15) is 18.7 Å². The Morgan fingerprint density at radius 2 is 2.00 bits per heavy atom. The van der Waals surface area contributed by atoms with Gasteiger partial charge in [0.05, 0.1) is 3.79 Å². The third kappa shape index (κ3) is 5.20. The van der Waals surface area contributed by atoms with E-state index in [0.717, 1.165) is 4.88 Å². The van der Waals surface area contributed by atoms with E-state index in [1.807, 2.05) is 6.92 Å². The normalized spacial score (nSPS) is 13.1. The Balaban J connectivity index is 3.08. The topological polar surface area (TPSA) is 49.4 Å². The molecule has 0 aliphatic heterocycles. The van der Waals surface area contributed by atoms with Gasteiger partial charge in [-0.15, -0.1) is 11.3 Å². The van der Waals surface area contributed by atoms with Gasteiger partial charge in [-0.05, 0) is 28.5 Å². The van der Waals surface area contributed by atoms with Gasteiger partial charge in [0, 0.05) is 18.0 Å². The summed E-state index contributed by atoms with van der Waals surface area (Å²) >= 11 is 4.32. The van der Waals surface area contributed by atoms with Crippen LogP contribution in [0.15, 0.2) is 14.7 Å². The van der Waals surface area contributed by atoms with Gasteiger partial charge in [0.2, 0.25) is 10.0 Å². The van der Waals surface area contributed by atoms with E-state index in [4.69, 9.17) is 0 Å². The molecule has 0 aromatic carbocycles. The quantitative estimate of drug-likeness (QED) is 0.753. The minimum Gasteiger partial charge on any atom is -0.312 e. The second-order valence-electron chi connectivity index (χ2n) is 4.18. The highest BCUT2D eigenvalue weighted by molar-refractivity contribution is 9.11. The van der Waals surface area contributed by atoms with E-state index in [2.05, 4.69) is 21.2 Å². The van der Waals surface area contributed by atoms with E-state index in [0.29, 0.717) is 21.2 Å². The molecule has 0 amide bonds. The Morgan fingerprint density at radius 3 is 2.48 bits per heavy atom. The molecule has 0 aliphatic rings. The van der Waals surface area contributed by atoms with Gasteiger partial charge in [0.1, 0.15) is 11.4 Å². The fourth-order valence-corrected chi connectivity index (χ4v) is 5.65. The van der Waals surface area contributed by atoms with Gasteiger partial charge in [-0.2, -0.15) is 17.5 Å². The molecule has 122 valence electrons. The smallest absolute Gasteiger partial charge is 0.312 e. The number of alkyl halides is 3. The van der Waals surface area contributed by atoms with Crippen LogP contribution in [-0.2, 0) is 16.6 Å². The average Bonchev–Trinajstić information content (AvgIpc) is 2.74. The zero-order valence-electron chi connectivity index (χ0n) is 11.5. The molecule has 21 heavy (non-hydrogen) atoms. The minimum absolute atomic E-state index is 0.119. The second-order valence-corrected chi connectivity index (χ2v) is 8.54. The number of halogens is 4. The predicted molar refractivity (Wildman–Crippen MR) is 79.9 cm³/mol. The molecule has 4 nitrogen and oxygen atoms in total. The van der Waals surface area contributed by atoms with Crippen LogP contribution in [0.4, 0.5) is 13.2 Å². The lowest BCUT2D eigenvalue weighted by Gasteiger charge is -2.21. The van der Waals surface area contributed by atoms with E-state index in [1.54, 1.807) is 0 Å². The van der Waals surface area contributed by atoms with Crippen molar-refractivity contribution in [1.82, 2.24) is 9.62 Å². The first-order valence-corrected chi connectivity index (χ1v) is 9.22. The summed E-state index contributed by atoms with van der Waals surface area (Å²) < 4.78 is 62.9. The van der Waals surface area contributed by atoms with Crippen LogP contribution in [0.3, 0.4) is 0 Å². The maximum Gasteiger partial charge on any atom is 0.402 e. The van der Waals surface area contributed by atoms with Gasteiger partial charge >= 0.3 is 6.18 Å². The number of nitrogens with one attached hydrogen (secondary N) is 1. The molecule has 0 bridgehead atoms. The third-order valence-electron chi connectivity index (χ3n) is 2.58. The highest BCUT2D eigenvalue weighted by Crippen LogP contribution is 2.34. The standard InChI is InChI=1S/C11H16BrF3N2O2S2/c1-3-16-6-8-5-9(10(12)20-8)21(18,19)17(4-2)7-11(13,14)15/h5,16H,3-4,6-7H2,1-2H3. The predicted octanol–water partition coefficient (Wildman–Crippen LogP) is 3.19. The lowest BCUT2D eigenvalue weighted by Crippen LogP contribution is -2.38. The number of nitrogens with zero attached hydrogens (tertiary/aromatic N) is 1. The fourth-order valence-electron chi connectivity index (χ4n) is 1.61. The maximum atomic E-state index is 12.5. The lowest BCUT2D eigenvalue weighted by atomic mass is 10.4. The largest absolute Gasteiger partial charge is 0.402 e. The lowest BCUT2D eigenvalue weighted by molar-refractivity contribution is -0.135. The van der Waals surface area contributed by atoms with Crippen LogP contribution in [-0.4, -0.2) is 38.5 Å². The van der Waals surface area contributed by atoms with Gasteiger partial charge in [-0.25, -0.2) is 8.42 Å². The number of hydrogen-bond acceptors (Lipinski definition) is 4. The Bertz CT molecular complexity index is 573. The van der Waals surface area contributed by atoms with E-state index in [1.165, 1.54) is 24.3 Å². The van der Waals surface area contributed by atoms with E-state index in [9.17, 15) is 21.6 Å². The molecule has 0 aliphatic carbocycles. The van der Waals surface area contributed by atoms with Crippen molar-refractivity contribution in [3.63, 3.8) is 0 Å². The van der Waals surface area contributed by atoms with Crippen molar-refractivity contribution in [2.24, 2.45) is 0 Å². The molecule has 0 saturated heterocycles. The van der Waals surface area contributed by atoms with Crippen molar-refractivity contribution in [1.29, 1.82) is 0 Å². The SMILES string of the molecule is CCNCc1cc(S(=O)(=O)N(CC)CC(F)(F)F)c(Br)s1. The van der Waals surface area contributed by atoms with Crippen LogP contribution in [0.2, 0.25) is 0 Å². The number of sulfonamides is 1. The molecule has 0 fully saturated rings. The Labute approximate surface area is 134 Å². The Kier molecular flexibility index (Phi) is 6.66. The molecular formula is C11H16BrF3N2O2S2. The molecule has 1 N–H and O–H groups in total. The van der Waals surface area contributed by atoms with Gasteiger partial charge in [0.25, 0.3) is 0 Å². The summed E-state index contributed by atoms with van der Waals surface area (Å²) in [5.74, 6) is 0. The average molecular weight is 409 g/mol. The first-order valence-electron chi connectivity index (χ1n) is 6.17. The summed E-state index contributed by atoms with van der Waals surface area (Å²) in [4.78, 5) is 0.622. The Morgan fingerprint density at radius 1 is 1.38 bits per heavy atom. The van der Waals surface area contributed by atoms with E-state index in [-0.39, 0.29) is 11.4 Å². The van der Waals surface area contributed by atoms with Crippen LogP contribution in [0, 0.1) is 0 Å². The van der Waals surface area contributed by atoms with Crippen molar-refractivity contribution < 1.29 is 21.6 Å². The number of thiophene rings is 1. The van der Waals surface area contributed by atoms with Crippen molar-refractivity contribution in [3.8, 4) is 0 Å². The summed E-state index contributed by atoms with van der Waals surface area (Å²) in [5.41, 5.74) is 0. The summed E-state index contributed by atoms with van der Waals surface area (Å²) in [6, 6.07) is 1.41. The molecule has 0 spiro atoms. The first-order chi connectivity index (χ1) is 9.61. The highest BCUT2D eigenvalue weighted by atomic mass is 79.9. The molecule has 0 atom stereocenters. The molecule has 1 aromatic rings. The molecule has 10 heteroatoms. The molecule has 1 heterocycles. The zero-order valence-corrected chi connectivity index (χ0v) is 14.7. The van der Waals surface area contributed by atoms with E-state index < -0.39 is 22.7 Å². The molecule has 0 unspecified atom stereocenters. The highest BCUT2D eigenvalue weighted by Gasteiger charge is 2.37. The summed E-state index contributed by atoms with van der Waals surface area (Å²) in [7, 11) is -4.17. The van der Waals surface area contributed by atoms with Crippen LogP contribution in [0.5, 0.6) is 0 Å². The zero-order chi connectivity index (χ0) is 16.3. The summed E-state index contributed by atoms with van der Waals surface area (Å²) in [6.07, 6.45) is -4.57. The monoisotopic (exact) mass is 408 g/mol. The molecular weight excluding hydrogens is 393 g/mol. The van der Waals surface area contributed by atoms with Gasteiger partial charge < -0.3 is 5.32 Å². The van der Waals surface area contributed by atoms with Crippen LogP contribution < -0.4 is 5.32 Å². The number of hydrogen-bond donors (Lipinski definition) is 1. The van der Waals surface area contributed by atoms with Crippen molar-refractivity contribution >= 4 is 37.3 Å². The van der Waals surface area contributed by atoms with Crippen LogP contribution in [0.25, 0.3) is 0 Å². The number of rotatable bonds is 7.